The van der Waals surface area contributed by atoms with Crippen molar-refractivity contribution in [1.29, 1.82) is 0 Å². The minimum Gasteiger partial charge on any atom is -0.291 e. The van der Waals surface area contributed by atoms with Crippen molar-refractivity contribution in [2.45, 2.75) is 37.7 Å². The smallest absolute Gasteiger partial charge is 0.0764 e. The summed E-state index contributed by atoms with van der Waals surface area (Å²) in [4.78, 5) is 2.41. The van der Waals surface area contributed by atoms with Gasteiger partial charge in [-0.15, -0.1) is 11.6 Å². The third kappa shape index (κ3) is 2.04. The molecule has 0 radical (unpaired) electrons. The molecule has 1 atom stereocenters. The lowest BCUT2D eigenvalue weighted by Crippen LogP contribution is -2.42. The average molecular weight is 228 g/mol. The maximum Gasteiger partial charge on any atom is 0.0764 e. The largest absolute Gasteiger partial charge is 0.291 e. The lowest BCUT2D eigenvalue weighted by atomic mass is 10.0. The highest BCUT2D eigenvalue weighted by Crippen LogP contribution is 2.33. The fraction of sp³-hybridized carbons (Fsp3) is 0.727. The van der Waals surface area contributed by atoms with Crippen LogP contribution in [0.4, 0.5) is 0 Å². The molecule has 15 heavy (non-hydrogen) atoms. The van der Waals surface area contributed by atoms with Gasteiger partial charge in [-0.3, -0.25) is 9.58 Å². The molecule has 2 heterocycles. The average Bonchev–Trinajstić information content (AvgIpc) is 2.66. The summed E-state index contributed by atoms with van der Waals surface area (Å²) in [5, 5.41) is 4.65. The number of hydrogen-bond donors (Lipinski definition) is 0. The maximum absolute atomic E-state index is 6.30. The van der Waals surface area contributed by atoms with E-state index in [0.717, 1.165) is 25.2 Å². The van der Waals surface area contributed by atoms with Crippen LogP contribution >= 0.6 is 11.6 Å². The van der Waals surface area contributed by atoms with Gasteiger partial charge in [0.2, 0.25) is 0 Å². The van der Waals surface area contributed by atoms with Crippen molar-refractivity contribution < 1.29 is 0 Å². The van der Waals surface area contributed by atoms with Crippen LogP contribution in [-0.2, 0) is 13.6 Å². The van der Waals surface area contributed by atoms with Crippen molar-refractivity contribution in [2.75, 3.05) is 6.54 Å². The van der Waals surface area contributed by atoms with Crippen molar-refractivity contribution in [2.24, 2.45) is 7.05 Å². The fourth-order valence-electron chi connectivity index (χ4n) is 2.13. The topological polar surface area (TPSA) is 21.1 Å². The van der Waals surface area contributed by atoms with Crippen LogP contribution in [0.15, 0.2) is 12.3 Å². The van der Waals surface area contributed by atoms with E-state index in [-0.39, 0.29) is 10.9 Å². The molecule has 2 rings (SSSR count). The lowest BCUT2D eigenvalue weighted by Gasteiger charge is -2.33. The summed E-state index contributed by atoms with van der Waals surface area (Å²) in [6.45, 7) is 6.38. The van der Waals surface area contributed by atoms with Gasteiger partial charge in [-0.05, 0) is 26.3 Å². The normalized spacial score (nSPS) is 26.0. The molecule has 0 aliphatic carbocycles. The summed E-state index contributed by atoms with van der Waals surface area (Å²) in [5.74, 6) is 0. The summed E-state index contributed by atoms with van der Waals surface area (Å²) in [6.07, 6.45) is 3.05. The van der Waals surface area contributed by atoms with E-state index >= 15 is 0 Å². The van der Waals surface area contributed by atoms with Gasteiger partial charge in [0.1, 0.15) is 0 Å². The Labute approximate surface area is 96.0 Å². The Kier molecular flexibility index (Phi) is 2.77. The number of nitrogens with zero attached hydrogens (tertiary/aromatic N) is 3. The fourth-order valence-corrected chi connectivity index (χ4v) is 2.37. The Balaban J connectivity index is 2.07. The van der Waals surface area contributed by atoms with Gasteiger partial charge < -0.3 is 0 Å². The Bertz CT molecular complexity index is 345. The van der Waals surface area contributed by atoms with E-state index in [1.165, 1.54) is 0 Å². The molecule has 1 fully saturated rings. The highest BCUT2D eigenvalue weighted by atomic mass is 35.5. The number of aromatic nitrogens is 2. The molecule has 0 bridgehead atoms. The summed E-state index contributed by atoms with van der Waals surface area (Å²) in [7, 11) is 1.95. The molecule has 1 saturated heterocycles. The monoisotopic (exact) mass is 227 g/mol. The first-order valence-corrected chi connectivity index (χ1v) is 5.81. The van der Waals surface area contributed by atoms with E-state index in [0.29, 0.717) is 0 Å². The molecule has 1 unspecified atom stereocenters. The zero-order valence-electron chi connectivity index (χ0n) is 9.57. The second-order valence-electron chi connectivity index (χ2n) is 4.81. The molecule has 1 aliphatic rings. The predicted octanol–water partition coefficient (Wildman–Crippen LogP) is 2.01. The molecule has 0 saturated carbocycles. The number of alkyl halides is 1. The third-order valence-electron chi connectivity index (χ3n) is 3.36. The molecule has 1 aromatic heterocycles. The van der Waals surface area contributed by atoms with Gasteiger partial charge in [-0.2, -0.15) is 5.10 Å². The second kappa shape index (κ2) is 3.80. The SMILES string of the molecule is Cn1ccc(CN2CCC(Cl)C2(C)C)n1. The molecule has 0 amide bonds. The summed E-state index contributed by atoms with van der Waals surface area (Å²) in [6, 6.07) is 2.07. The van der Waals surface area contributed by atoms with Crippen LogP contribution < -0.4 is 0 Å². The summed E-state index contributed by atoms with van der Waals surface area (Å²) < 4.78 is 1.84. The van der Waals surface area contributed by atoms with Gasteiger partial charge in [0.05, 0.1) is 11.1 Å². The van der Waals surface area contributed by atoms with Crippen LogP contribution in [0.5, 0.6) is 0 Å². The quantitative estimate of drug-likeness (QED) is 0.721. The number of aryl methyl sites for hydroxylation is 1. The van der Waals surface area contributed by atoms with Crippen molar-refractivity contribution >= 4 is 11.6 Å². The van der Waals surface area contributed by atoms with E-state index in [1.807, 2.05) is 17.9 Å². The standard InChI is InChI=1S/C11H18ClN3/c1-11(2)10(12)5-7-15(11)8-9-4-6-14(3)13-9/h4,6,10H,5,7-8H2,1-3H3. The van der Waals surface area contributed by atoms with E-state index in [4.69, 9.17) is 11.6 Å². The van der Waals surface area contributed by atoms with E-state index < -0.39 is 0 Å². The van der Waals surface area contributed by atoms with Crippen LogP contribution in [-0.4, -0.2) is 32.1 Å². The van der Waals surface area contributed by atoms with Crippen LogP contribution in [0.25, 0.3) is 0 Å². The third-order valence-corrected chi connectivity index (χ3v) is 4.11. The van der Waals surface area contributed by atoms with Crippen LogP contribution in [0.2, 0.25) is 0 Å². The minimum absolute atomic E-state index is 0.0824. The maximum atomic E-state index is 6.30. The first kappa shape index (κ1) is 11.0. The molecule has 1 aromatic rings. The molecule has 1 aliphatic heterocycles. The van der Waals surface area contributed by atoms with Crippen molar-refractivity contribution in [1.82, 2.24) is 14.7 Å². The van der Waals surface area contributed by atoms with Gasteiger partial charge >= 0.3 is 0 Å². The van der Waals surface area contributed by atoms with Gasteiger partial charge in [0.25, 0.3) is 0 Å². The Morgan fingerprint density at radius 1 is 1.60 bits per heavy atom. The minimum atomic E-state index is 0.0824. The zero-order valence-corrected chi connectivity index (χ0v) is 10.3. The second-order valence-corrected chi connectivity index (χ2v) is 5.34. The predicted molar refractivity (Wildman–Crippen MR) is 62.0 cm³/mol. The molecule has 4 heteroatoms. The first-order valence-electron chi connectivity index (χ1n) is 5.38. The Hall–Kier alpha value is -0.540. The molecule has 0 aromatic carbocycles. The lowest BCUT2D eigenvalue weighted by molar-refractivity contribution is 0.166. The molecular formula is C11H18ClN3. The van der Waals surface area contributed by atoms with E-state index in [1.54, 1.807) is 0 Å². The van der Waals surface area contributed by atoms with Crippen molar-refractivity contribution in [3.8, 4) is 0 Å². The summed E-state index contributed by atoms with van der Waals surface area (Å²) in [5.41, 5.74) is 1.20. The van der Waals surface area contributed by atoms with Gasteiger partial charge in [0, 0.05) is 31.9 Å². The van der Waals surface area contributed by atoms with Crippen LogP contribution in [0, 0.1) is 0 Å². The Morgan fingerprint density at radius 3 is 2.80 bits per heavy atom. The molecule has 0 N–H and O–H groups in total. The van der Waals surface area contributed by atoms with E-state index in [2.05, 4.69) is 29.9 Å². The molecule has 3 nitrogen and oxygen atoms in total. The highest BCUT2D eigenvalue weighted by molar-refractivity contribution is 6.21. The molecule has 84 valence electrons. The first-order chi connectivity index (χ1) is 7.00. The number of rotatable bonds is 2. The van der Waals surface area contributed by atoms with Crippen molar-refractivity contribution in [3.63, 3.8) is 0 Å². The van der Waals surface area contributed by atoms with Crippen molar-refractivity contribution in [3.05, 3.63) is 18.0 Å². The van der Waals surface area contributed by atoms with Gasteiger partial charge in [-0.1, -0.05) is 0 Å². The molecular weight excluding hydrogens is 210 g/mol. The van der Waals surface area contributed by atoms with E-state index in [9.17, 15) is 0 Å². The van der Waals surface area contributed by atoms with Gasteiger partial charge in [0.15, 0.2) is 0 Å². The number of halogens is 1. The van der Waals surface area contributed by atoms with Crippen LogP contribution in [0.3, 0.4) is 0 Å². The van der Waals surface area contributed by atoms with Crippen LogP contribution in [0.1, 0.15) is 26.0 Å². The number of hydrogen-bond acceptors (Lipinski definition) is 2. The zero-order chi connectivity index (χ0) is 11.1. The number of likely N-dealkylation sites (tertiary alicyclic amines) is 1. The highest BCUT2D eigenvalue weighted by Gasteiger charge is 2.39. The Morgan fingerprint density at radius 2 is 2.33 bits per heavy atom. The van der Waals surface area contributed by atoms with Gasteiger partial charge in [-0.25, -0.2) is 0 Å². The summed E-state index contributed by atoms with van der Waals surface area (Å²) >= 11 is 6.30. The molecule has 0 spiro atoms.